The molecule has 84 valence electrons. The number of nitrogens with one attached hydrogen (secondary N) is 2. The molecular weight excluding hydrogens is 172 g/mol. The summed E-state index contributed by atoms with van der Waals surface area (Å²) in [6, 6.07) is 0.679. The van der Waals surface area contributed by atoms with Crippen molar-refractivity contribution in [2.24, 2.45) is 5.41 Å². The Balaban J connectivity index is 2.21. The van der Waals surface area contributed by atoms with Crippen molar-refractivity contribution >= 4 is 0 Å². The van der Waals surface area contributed by atoms with Gasteiger partial charge in [0, 0.05) is 19.1 Å². The zero-order valence-electron chi connectivity index (χ0n) is 10.0. The second-order valence-corrected chi connectivity index (χ2v) is 5.16. The lowest BCUT2D eigenvalue weighted by molar-refractivity contribution is 0.218. The fraction of sp³-hybridized carbons (Fsp3) is 1.00. The van der Waals surface area contributed by atoms with Crippen molar-refractivity contribution in [2.45, 2.75) is 52.5 Å². The maximum atomic E-state index is 3.65. The third-order valence-corrected chi connectivity index (χ3v) is 3.28. The smallest absolute Gasteiger partial charge is 0.00388 e. The van der Waals surface area contributed by atoms with Crippen LogP contribution in [0.25, 0.3) is 0 Å². The van der Waals surface area contributed by atoms with E-state index in [1.165, 1.54) is 45.3 Å². The lowest BCUT2D eigenvalue weighted by Gasteiger charge is -2.35. The van der Waals surface area contributed by atoms with Gasteiger partial charge in [0.05, 0.1) is 0 Å². The first kappa shape index (κ1) is 12.0. The third-order valence-electron chi connectivity index (χ3n) is 3.28. The summed E-state index contributed by atoms with van der Waals surface area (Å²) in [6.07, 6.45) is 5.28. The van der Waals surface area contributed by atoms with Crippen LogP contribution in [0.15, 0.2) is 0 Å². The summed E-state index contributed by atoms with van der Waals surface area (Å²) in [6.45, 7) is 10.5. The van der Waals surface area contributed by atoms with Crippen molar-refractivity contribution < 1.29 is 0 Å². The molecule has 0 aromatic carbocycles. The van der Waals surface area contributed by atoms with Gasteiger partial charge in [0.25, 0.3) is 0 Å². The van der Waals surface area contributed by atoms with E-state index in [9.17, 15) is 0 Å². The van der Waals surface area contributed by atoms with Crippen LogP contribution in [0, 0.1) is 5.41 Å². The Hall–Kier alpha value is -0.0800. The molecule has 0 aliphatic carbocycles. The molecule has 2 heteroatoms. The van der Waals surface area contributed by atoms with Crippen LogP contribution in [0.4, 0.5) is 0 Å². The first-order valence-electron chi connectivity index (χ1n) is 6.10. The Morgan fingerprint density at radius 1 is 1.50 bits per heavy atom. The van der Waals surface area contributed by atoms with Crippen LogP contribution < -0.4 is 10.6 Å². The molecule has 0 aromatic heterocycles. The van der Waals surface area contributed by atoms with E-state index in [4.69, 9.17) is 0 Å². The Morgan fingerprint density at radius 2 is 2.29 bits per heavy atom. The van der Waals surface area contributed by atoms with E-state index in [-0.39, 0.29) is 0 Å². The molecule has 1 rings (SSSR count). The second-order valence-electron chi connectivity index (χ2n) is 5.16. The van der Waals surface area contributed by atoms with Gasteiger partial charge in [0.1, 0.15) is 0 Å². The molecule has 1 saturated heterocycles. The normalized spacial score (nSPS) is 30.2. The molecule has 0 saturated carbocycles. The second kappa shape index (κ2) is 5.72. The van der Waals surface area contributed by atoms with Crippen LogP contribution in [-0.4, -0.2) is 25.7 Å². The standard InChI is InChI=1S/C12H26N2/c1-4-6-11(2)14-10-12(3)7-5-8-13-9-12/h11,13-14H,4-10H2,1-3H3. The molecule has 14 heavy (non-hydrogen) atoms. The van der Waals surface area contributed by atoms with Crippen LogP contribution >= 0.6 is 0 Å². The topological polar surface area (TPSA) is 24.1 Å². The summed E-state index contributed by atoms with van der Waals surface area (Å²) in [7, 11) is 0. The van der Waals surface area contributed by atoms with Crippen LogP contribution in [0.5, 0.6) is 0 Å². The van der Waals surface area contributed by atoms with Crippen molar-refractivity contribution in [3.8, 4) is 0 Å². The summed E-state index contributed by atoms with van der Waals surface area (Å²) in [5, 5.41) is 7.14. The lowest BCUT2D eigenvalue weighted by Crippen LogP contribution is -2.46. The summed E-state index contributed by atoms with van der Waals surface area (Å²) in [5.41, 5.74) is 0.486. The molecule has 0 aromatic rings. The number of rotatable bonds is 5. The third kappa shape index (κ3) is 3.97. The summed E-state index contributed by atoms with van der Waals surface area (Å²) in [4.78, 5) is 0. The molecule has 2 unspecified atom stereocenters. The van der Waals surface area contributed by atoms with E-state index in [0.717, 1.165) is 0 Å². The average Bonchev–Trinajstić information content (AvgIpc) is 2.17. The molecule has 2 atom stereocenters. The van der Waals surface area contributed by atoms with E-state index in [1.54, 1.807) is 0 Å². The van der Waals surface area contributed by atoms with Gasteiger partial charge in [0.2, 0.25) is 0 Å². The monoisotopic (exact) mass is 198 g/mol. The van der Waals surface area contributed by atoms with E-state index >= 15 is 0 Å². The van der Waals surface area contributed by atoms with E-state index in [1.807, 2.05) is 0 Å². The number of hydrogen-bond donors (Lipinski definition) is 2. The Labute approximate surface area is 88.8 Å². The SMILES string of the molecule is CCCC(C)NCC1(C)CCCNC1. The molecule has 0 spiro atoms. The van der Waals surface area contributed by atoms with E-state index in [2.05, 4.69) is 31.4 Å². The van der Waals surface area contributed by atoms with Crippen molar-refractivity contribution in [3.05, 3.63) is 0 Å². The number of hydrogen-bond acceptors (Lipinski definition) is 2. The minimum atomic E-state index is 0.486. The van der Waals surface area contributed by atoms with Gasteiger partial charge in [0.15, 0.2) is 0 Å². The lowest BCUT2D eigenvalue weighted by atomic mass is 9.82. The molecular formula is C12H26N2. The highest BCUT2D eigenvalue weighted by molar-refractivity contribution is 4.84. The van der Waals surface area contributed by atoms with Crippen LogP contribution in [0.3, 0.4) is 0 Å². The van der Waals surface area contributed by atoms with Gasteiger partial charge in [-0.25, -0.2) is 0 Å². The first-order chi connectivity index (χ1) is 6.66. The quantitative estimate of drug-likeness (QED) is 0.707. The van der Waals surface area contributed by atoms with Gasteiger partial charge in [-0.1, -0.05) is 20.3 Å². The van der Waals surface area contributed by atoms with Crippen LogP contribution in [0.1, 0.15) is 46.5 Å². The van der Waals surface area contributed by atoms with Gasteiger partial charge in [-0.05, 0) is 38.1 Å². The fourth-order valence-corrected chi connectivity index (χ4v) is 2.23. The summed E-state index contributed by atoms with van der Waals surface area (Å²) >= 11 is 0. The molecule has 0 radical (unpaired) electrons. The van der Waals surface area contributed by atoms with Gasteiger partial charge in [-0.2, -0.15) is 0 Å². The Bertz CT molecular complexity index is 150. The molecule has 0 bridgehead atoms. The zero-order valence-corrected chi connectivity index (χ0v) is 10.0. The maximum absolute atomic E-state index is 3.65. The zero-order chi connectivity index (χ0) is 10.4. The Kier molecular flexibility index (Phi) is 4.90. The van der Waals surface area contributed by atoms with Crippen molar-refractivity contribution in [2.75, 3.05) is 19.6 Å². The molecule has 0 amide bonds. The van der Waals surface area contributed by atoms with Gasteiger partial charge in [-0.3, -0.25) is 0 Å². The minimum Gasteiger partial charge on any atom is -0.316 e. The highest BCUT2D eigenvalue weighted by atomic mass is 15.0. The highest BCUT2D eigenvalue weighted by Gasteiger charge is 2.26. The molecule has 1 aliphatic rings. The van der Waals surface area contributed by atoms with Crippen molar-refractivity contribution in [1.82, 2.24) is 10.6 Å². The van der Waals surface area contributed by atoms with Gasteiger partial charge < -0.3 is 10.6 Å². The van der Waals surface area contributed by atoms with Crippen molar-refractivity contribution in [3.63, 3.8) is 0 Å². The summed E-state index contributed by atoms with van der Waals surface area (Å²) in [5.74, 6) is 0. The highest BCUT2D eigenvalue weighted by Crippen LogP contribution is 2.24. The van der Waals surface area contributed by atoms with Gasteiger partial charge >= 0.3 is 0 Å². The summed E-state index contributed by atoms with van der Waals surface area (Å²) < 4.78 is 0. The van der Waals surface area contributed by atoms with Gasteiger partial charge in [-0.15, -0.1) is 0 Å². The van der Waals surface area contributed by atoms with Crippen molar-refractivity contribution in [1.29, 1.82) is 0 Å². The molecule has 1 aliphatic heterocycles. The molecule has 2 N–H and O–H groups in total. The first-order valence-corrected chi connectivity index (χ1v) is 6.10. The fourth-order valence-electron chi connectivity index (χ4n) is 2.23. The largest absolute Gasteiger partial charge is 0.316 e. The average molecular weight is 198 g/mol. The van der Waals surface area contributed by atoms with E-state index in [0.29, 0.717) is 11.5 Å². The molecule has 2 nitrogen and oxygen atoms in total. The molecule has 1 heterocycles. The van der Waals surface area contributed by atoms with Crippen LogP contribution in [0.2, 0.25) is 0 Å². The minimum absolute atomic E-state index is 0.486. The molecule has 1 fully saturated rings. The predicted octanol–water partition coefficient (Wildman–Crippen LogP) is 2.15. The van der Waals surface area contributed by atoms with E-state index < -0.39 is 0 Å². The predicted molar refractivity (Wildman–Crippen MR) is 62.6 cm³/mol. The maximum Gasteiger partial charge on any atom is 0.00388 e. The van der Waals surface area contributed by atoms with Crippen LogP contribution in [-0.2, 0) is 0 Å². The Morgan fingerprint density at radius 3 is 2.86 bits per heavy atom. The number of piperidine rings is 1.